The zero-order valence-corrected chi connectivity index (χ0v) is 15.7. The van der Waals surface area contributed by atoms with Crippen molar-refractivity contribution in [2.45, 2.75) is 20.3 Å². The van der Waals surface area contributed by atoms with Crippen molar-refractivity contribution in [2.24, 2.45) is 0 Å². The number of carbonyl (C=O) groups is 1. The Kier molecular flexibility index (Phi) is 4.24. The number of nitrogens with two attached hydrogens (primary N) is 1. The number of hydrogen-bond donors (Lipinski definition) is 1. The standard InChI is InChI=1S/C19H17ClN6O/c1-10-5-11(2)17(23-7-10)12-6-16(22-9-14(12)20)26-4-3-15-13(18(26)27)8-24-19(21)25-15/h5-9H,3-4H2,1-2H3,(H2,21,24,25). The first kappa shape index (κ1) is 17.4. The van der Waals surface area contributed by atoms with Crippen LogP contribution in [0.5, 0.6) is 0 Å². The molecule has 1 aliphatic heterocycles. The number of nitrogens with zero attached hydrogens (tertiary/aromatic N) is 5. The molecule has 1 amide bonds. The summed E-state index contributed by atoms with van der Waals surface area (Å²) in [5, 5.41) is 0.485. The number of carbonyl (C=O) groups excluding carboxylic acids is 1. The molecule has 136 valence electrons. The lowest BCUT2D eigenvalue weighted by atomic mass is 10.0. The van der Waals surface area contributed by atoms with Gasteiger partial charge in [0, 0.05) is 37.1 Å². The van der Waals surface area contributed by atoms with Gasteiger partial charge in [-0.3, -0.25) is 14.7 Å². The van der Waals surface area contributed by atoms with Crippen molar-refractivity contribution in [3.8, 4) is 11.3 Å². The van der Waals surface area contributed by atoms with Crippen LogP contribution in [0.3, 0.4) is 0 Å². The van der Waals surface area contributed by atoms with Crippen LogP contribution in [-0.2, 0) is 6.42 Å². The Bertz CT molecular complexity index is 1070. The van der Waals surface area contributed by atoms with E-state index in [1.54, 1.807) is 23.4 Å². The molecule has 0 saturated heterocycles. The Labute approximate surface area is 161 Å². The van der Waals surface area contributed by atoms with Gasteiger partial charge in [0.1, 0.15) is 5.82 Å². The van der Waals surface area contributed by atoms with E-state index in [9.17, 15) is 4.79 Å². The molecule has 0 saturated carbocycles. The SMILES string of the molecule is Cc1cnc(-c2cc(N3CCc4nc(N)ncc4C3=O)ncc2Cl)c(C)c1. The molecule has 8 heteroatoms. The van der Waals surface area contributed by atoms with Crippen LogP contribution in [0.1, 0.15) is 27.2 Å². The molecule has 27 heavy (non-hydrogen) atoms. The summed E-state index contributed by atoms with van der Waals surface area (Å²) >= 11 is 6.38. The van der Waals surface area contributed by atoms with E-state index in [1.807, 2.05) is 19.9 Å². The Morgan fingerprint density at radius 3 is 2.67 bits per heavy atom. The number of aryl methyl sites for hydroxylation is 2. The number of pyridine rings is 2. The van der Waals surface area contributed by atoms with Crippen molar-refractivity contribution in [3.63, 3.8) is 0 Å². The van der Waals surface area contributed by atoms with Gasteiger partial charge in [-0.1, -0.05) is 17.7 Å². The highest BCUT2D eigenvalue weighted by Crippen LogP contribution is 2.32. The fourth-order valence-corrected chi connectivity index (χ4v) is 3.43. The number of aromatic nitrogens is 4. The second-order valence-corrected chi connectivity index (χ2v) is 6.90. The first-order valence-corrected chi connectivity index (χ1v) is 8.84. The molecule has 4 heterocycles. The third-order valence-electron chi connectivity index (χ3n) is 4.52. The Morgan fingerprint density at radius 1 is 1.07 bits per heavy atom. The van der Waals surface area contributed by atoms with E-state index in [1.165, 1.54) is 6.20 Å². The predicted molar refractivity (Wildman–Crippen MR) is 104 cm³/mol. The van der Waals surface area contributed by atoms with Gasteiger partial charge in [0.2, 0.25) is 5.95 Å². The molecule has 0 aliphatic carbocycles. The second-order valence-electron chi connectivity index (χ2n) is 6.50. The molecular formula is C19H17ClN6O. The average Bonchev–Trinajstić information content (AvgIpc) is 2.63. The van der Waals surface area contributed by atoms with E-state index >= 15 is 0 Å². The average molecular weight is 381 g/mol. The number of hydrogen-bond acceptors (Lipinski definition) is 6. The van der Waals surface area contributed by atoms with Crippen LogP contribution in [0.2, 0.25) is 5.02 Å². The Balaban J connectivity index is 1.75. The maximum atomic E-state index is 12.9. The lowest BCUT2D eigenvalue weighted by molar-refractivity contribution is 0.0978. The van der Waals surface area contributed by atoms with Gasteiger partial charge >= 0.3 is 0 Å². The van der Waals surface area contributed by atoms with E-state index in [0.29, 0.717) is 35.1 Å². The summed E-state index contributed by atoms with van der Waals surface area (Å²) in [4.78, 5) is 31.5. The van der Waals surface area contributed by atoms with Crippen molar-refractivity contribution in [1.82, 2.24) is 19.9 Å². The zero-order chi connectivity index (χ0) is 19.1. The Hall–Kier alpha value is -3.06. The quantitative estimate of drug-likeness (QED) is 0.733. The van der Waals surface area contributed by atoms with Crippen LogP contribution in [0, 0.1) is 13.8 Å². The number of nitrogen functional groups attached to an aromatic ring is 1. The van der Waals surface area contributed by atoms with Gasteiger partial charge < -0.3 is 5.73 Å². The van der Waals surface area contributed by atoms with Crippen LogP contribution >= 0.6 is 11.6 Å². The summed E-state index contributed by atoms with van der Waals surface area (Å²) in [6.45, 7) is 4.43. The molecular weight excluding hydrogens is 364 g/mol. The highest BCUT2D eigenvalue weighted by atomic mass is 35.5. The smallest absolute Gasteiger partial charge is 0.262 e. The van der Waals surface area contributed by atoms with Gasteiger partial charge in [0.25, 0.3) is 5.91 Å². The minimum absolute atomic E-state index is 0.169. The largest absolute Gasteiger partial charge is 0.368 e. The molecule has 2 N–H and O–H groups in total. The van der Waals surface area contributed by atoms with Crippen molar-refractivity contribution < 1.29 is 4.79 Å². The van der Waals surface area contributed by atoms with Gasteiger partial charge in [-0.25, -0.2) is 15.0 Å². The fourth-order valence-electron chi connectivity index (χ4n) is 3.24. The van der Waals surface area contributed by atoms with Gasteiger partial charge in [-0.2, -0.15) is 0 Å². The van der Waals surface area contributed by atoms with Gasteiger partial charge in [-0.05, 0) is 31.0 Å². The van der Waals surface area contributed by atoms with Crippen molar-refractivity contribution in [2.75, 3.05) is 17.2 Å². The van der Waals surface area contributed by atoms with E-state index < -0.39 is 0 Å². The number of anilines is 2. The molecule has 0 unspecified atom stereocenters. The lowest BCUT2D eigenvalue weighted by Gasteiger charge is -2.27. The highest BCUT2D eigenvalue weighted by Gasteiger charge is 2.28. The third kappa shape index (κ3) is 3.10. The van der Waals surface area contributed by atoms with Crippen LogP contribution in [0.4, 0.5) is 11.8 Å². The highest BCUT2D eigenvalue weighted by molar-refractivity contribution is 6.33. The molecule has 3 aromatic heterocycles. The summed E-state index contributed by atoms with van der Waals surface area (Å²) in [5.74, 6) is 0.483. The zero-order valence-electron chi connectivity index (χ0n) is 14.9. The monoisotopic (exact) mass is 380 g/mol. The van der Waals surface area contributed by atoms with E-state index in [0.717, 1.165) is 22.4 Å². The summed E-state index contributed by atoms with van der Waals surface area (Å²) in [6, 6.07) is 3.84. The molecule has 7 nitrogen and oxygen atoms in total. The maximum absolute atomic E-state index is 12.9. The molecule has 0 fully saturated rings. The maximum Gasteiger partial charge on any atom is 0.262 e. The van der Waals surface area contributed by atoms with Crippen molar-refractivity contribution in [3.05, 3.63) is 58.1 Å². The van der Waals surface area contributed by atoms with Gasteiger partial charge in [-0.15, -0.1) is 0 Å². The van der Waals surface area contributed by atoms with Crippen molar-refractivity contribution >= 4 is 29.3 Å². The number of halogens is 1. The molecule has 0 atom stereocenters. The topological polar surface area (TPSA) is 97.9 Å². The molecule has 0 radical (unpaired) electrons. The van der Waals surface area contributed by atoms with Gasteiger partial charge in [0.15, 0.2) is 0 Å². The molecule has 3 aromatic rings. The van der Waals surface area contributed by atoms with Crippen LogP contribution in [-0.4, -0.2) is 32.4 Å². The summed E-state index contributed by atoms with van der Waals surface area (Å²) in [6.07, 6.45) is 5.39. The molecule has 0 bridgehead atoms. The second kappa shape index (κ2) is 6.59. The normalized spacial score (nSPS) is 13.6. The minimum Gasteiger partial charge on any atom is -0.368 e. The first-order chi connectivity index (χ1) is 12.9. The van der Waals surface area contributed by atoms with Crippen LogP contribution < -0.4 is 10.6 Å². The van der Waals surface area contributed by atoms with E-state index in [-0.39, 0.29) is 11.9 Å². The van der Waals surface area contributed by atoms with Crippen LogP contribution in [0.25, 0.3) is 11.3 Å². The van der Waals surface area contributed by atoms with Crippen molar-refractivity contribution in [1.29, 1.82) is 0 Å². The first-order valence-electron chi connectivity index (χ1n) is 8.46. The summed E-state index contributed by atoms with van der Waals surface area (Å²) in [5.41, 5.74) is 10.3. The third-order valence-corrected chi connectivity index (χ3v) is 4.82. The van der Waals surface area contributed by atoms with E-state index in [4.69, 9.17) is 17.3 Å². The number of amides is 1. The van der Waals surface area contributed by atoms with E-state index in [2.05, 4.69) is 19.9 Å². The lowest BCUT2D eigenvalue weighted by Crippen LogP contribution is -2.39. The molecule has 1 aliphatic rings. The van der Waals surface area contributed by atoms with Crippen LogP contribution in [0.15, 0.2) is 30.7 Å². The Morgan fingerprint density at radius 2 is 1.89 bits per heavy atom. The minimum atomic E-state index is -0.203. The molecule has 4 rings (SSSR count). The molecule has 0 aromatic carbocycles. The number of rotatable bonds is 2. The summed E-state index contributed by atoms with van der Waals surface area (Å²) in [7, 11) is 0. The predicted octanol–water partition coefficient (Wildman–Crippen LogP) is 2.99. The fraction of sp³-hybridized carbons (Fsp3) is 0.211. The van der Waals surface area contributed by atoms with Gasteiger partial charge in [0.05, 0.1) is 22.0 Å². The molecule has 0 spiro atoms. The summed E-state index contributed by atoms with van der Waals surface area (Å²) < 4.78 is 0. The number of fused-ring (bicyclic) bond motifs is 1.